The first kappa shape index (κ1) is 17.2. The van der Waals surface area contributed by atoms with Crippen LogP contribution < -0.4 is 10.9 Å². The third-order valence-electron chi connectivity index (χ3n) is 3.94. The third-order valence-corrected chi connectivity index (χ3v) is 4.91. The minimum atomic E-state index is -0.543. The normalized spacial score (nSPS) is 15.1. The van der Waals surface area contributed by atoms with Crippen LogP contribution in [0.5, 0.6) is 0 Å². The van der Waals surface area contributed by atoms with Gasteiger partial charge in [0.1, 0.15) is 0 Å². The van der Waals surface area contributed by atoms with Gasteiger partial charge in [-0.05, 0) is 13.8 Å². The second-order valence-electron chi connectivity index (χ2n) is 5.69. The van der Waals surface area contributed by atoms with Gasteiger partial charge < -0.3 is 10.3 Å². The van der Waals surface area contributed by atoms with Crippen molar-refractivity contribution in [2.45, 2.75) is 24.3 Å². The Morgan fingerprint density at radius 1 is 1.28 bits per heavy atom. The highest BCUT2D eigenvalue weighted by Crippen LogP contribution is 2.25. The van der Waals surface area contributed by atoms with E-state index in [1.807, 2.05) is 30.3 Å². The van der Waals surface area contributed by atoms with Crippen molar-refractivity contribution < 1.29 is 9.59 Å². The summed E-state index contributed by atoms with van der Waals surface area (Å²) in [7, 11) is 0. The van der Waals surface area contributed by atoms with Crippen molar-refractivity contribution in [1.29, 1.82) is 0 Å². The van der Waals surface area contributed by atoms with Crippen LogP contribution in [0.2, 0.25) is 0 Å². The van der Waals surface area contributed by atoms with Crippen LogP contribution in [0.4, 0.5) is 4.79 Å². The van der Waals surface area contributed by atoms with Crippen LogP contribution in [0.3, 0.4) is 0 Å². The molecule has 0 spiro atoms. The molecule has 7 nitrogen and oxygen atoms in total. The van der Waals surface area contributed by atoms with Gasteiger partial charge in [-0.15, -0.1) is 0 Å². The molecule has 8 heteroatoms. The molecule has 0 aliphatic carbocycles. The minimum Gasteiger partial charge on any atom is -0.336 e. The van der Waals surface area contributed by atoms with Crippen LogP contribution in [0, 0.1) is 6.92 Å². The first-order valence-electron chi connectivity index (χ1n) is 7.89. The molecule has 3 rings (SSSR count). The maximum absolute atomic E-state index is 12.4. The standard InChI is InChI=1S/C17H18N4O3S/c1-10-13(12-6-4-3-5-7-12)19-16(20-14(10)22)25-11(2)15(23)21-9-8-18-17(21)24/h3-7,11H,8-9H2,1-2H3,(H,18,24)(H,19,20,22)/t11-/m1/s1. The number of nitrogens with one attached hydrogen (secondary N) is 2. The van der Waals surface area contributed by atoms with E-state index in [-0.39, 0.29) is 17.5 Å². The molecule has 2 N–H and O–H groups in total. The second kappa shape index (κ2) is 7.10. The molecular weight excluding hydrogens is 340 g/mol. The largest absolute Gasteiger partial charge is 0.336 e. The van der Waals surface area contributed by atoms with Crippen molar-refractivity contribution in [3.05, 3.63) is 46.2 Å². The summed E-state index contributed by atoms with van der Waals surface area (Å²) in [5.41, 5.74) is 1.71. The molecule has 1 fully saturated rings. The van der Waals surface area contributed by atoms with Crippen molar-refractivity contribution in [2.75, 3.05) is 13.1 Å². The molecule has 1 aromatic heterocycles. The zero-order valence-corrected chi connectivity index (χ0v) is 14.7. The number of nitrogens with zero attached hydrogens (tertiary/aromatic N) is 2. The highest BCUT2D eigenvalue weighted by molar-refractivity contribution is 8.00. The van der Waals surface area contributed by atoms with Crippen molar-refractivity contribution in [2.24, 2.45) is 0 Å². The molecule has 1 saturated heterocycles. The predicted molar refractivity (Wildman–Crippen MR) is 95.5 cm³/mol. The van der Waals surface area contributed by atoms with Crippen molar-refractivity contribution >= 4 is 23.7 Å². The number of carbonyl (C=O) groups excluding carboxylic acids is 2. The number of H-pyrrole nitrogens is 1. The summed E-state index contributed by atoms with van der Waals surface area (Å²) >= 11 is 1.13. The van der Waals surface area contributed by atoms with Gasteiger partial charge in [-0.3, -0.25) is 14.5 Å². The number of carbonyl (C=O) groups is 2. The Kier molecular flexibility index (Phi) is 4.89. The fraction of sp³-hybridized carbons (Fsp3) is 0.294. The van der Waals surface area contributed by atoms with E-state index in [9.17, 15) is 14.4 Å². The lowest BCUT2D eigenvalue weighted by Gasteiger charge is -2.17. The predicted octanol–water partition coefficient (Wildman–Crippen LogP) is 1.78. The lowest BCUT2D eigenvalue weighted by Crippen LogP contribution is -2.39. The number of amides is 3. The molecule has 0 radical (unpaired) electrons. The number of imide groups is 1. The topological polar surface area (TPSA) is 95.2 Å². The van der Waals surface area contributed by atoms with E-state index in [1.54, 1.807) is 13.8 Å². The molecule has 2 aromatic rings. The van der Waals surface area contributed by atoms with E-state index in [0.717, 1.165) is 17.3 Å². The van der Waals surface area contributed by atoms with Gasteiger partial charge in [0.05, 0.1) is 10.9 Å². The van der Waals surface area contributed by atoms with Gasteiger partial charge in [0.2, 0.25) is 5.91 Å². The van der Waals surface area contributed by atoms with Gasteiger partial charge in [-0.25, -0.2) is 9.78 Å². The summed E-state index contributed by atoms with van der Waals surface area (Å²) in [4.78, 5) is 44.6. The summed E-state index contributed by atoms with van der Waals surface area (Å²) in [6.45, 7) is 4.22. The number of hydrogen-bond donors (Lipinski definition) is 2. The van der Waals surface area contributed by atoms with E-state index in [2.05, 4.69) is 15.3 Å². The van der Waals surface area contributed by atoms with Crippen molar-refractivity contribution in [3.8, 4) is 11.3 Å². The summed E-state index contributed by atoms with van der Waals surface area (Å²) in [5, 5.41) is 2.41. The fourth-order valence-corrected chi connectivity index (χ4v) is 3.42. The zero-order chi connectivity index (χ0) is 18.0. The van der Waals surface area contributed by atoms with E-state index < -0.39 is 5.25 Å². The Hall–Kier alpha value is -2.61. The molecule has 1 aliphatic heterocycles. The van der Waals surface area contributed by atoms with Gasteiger partial charge in [-0.2, -0.15) is 0 Å². The Balaban J connectivity index is 1.85. The van der Waals surface area contributed by atoms with Crippen molar-refractivity contribution in [3.63, 3.8) is 0 Å². The van der Waals surface area contributed by atoms with Crippen LogP contribution in [-0.2, 0) is 4.79 Å². The van der Waals surface area contributed by atoms with Crippen LogP contribution >= 0.6 is 11.8 Å². The maximum atomic E-state index is 12.4. The lowest BCUT2D eigenvalue weighted by atomic mass is 10.1. The molecule has 0 bridgehead atoms. The average molecular weight is 358 g/mol. The van der Waals surface area contributed by atoms with E-state index in [0.29, 0.717) is 29.5 Å². The molecular formula is C17H18N4O3S. The van der Waals surface area contributed by atoms with Crippen LogP contribution in [0.25, 0.3) is 11.3 Å². The Labute approximate surface area is 148 Å². The van der Waals surface area contributed by atoms with Gasteiger partial charge in [0.25, 0.3) is 5.56 Å². The molecule has 130 valence electrons. The minimum absolute atomic E-state index is 0.241. The van der Waals surface area contributed by atoms with E-state index in [4.69, 9.17) is 0 Å². The average Bonchev–Trinajstić information content (AvgIpc) is 3.04. The van der Waals surface area contributed by atoms with Crippen molar-refractivity contribution in [1.82, 2.24) is 20.2 Å². The summed E-state index contributed by atoms with van der Waals surface area (Å²) < 4.78 is 0. The number of thioether (sulfide) groups is 1. The molecule has 2 heterocycles. The highest BCUT2D eigenvalue weighted by atomic mass is 32.2. The van der Waals surface area contributed by atoms with Gasteiger partial charge in [0, 0.05) is 24.2 Å². The van der Waals surface area contributed by atoms with Gasteiger partial charge in [0.15, 0.2) is 5.16 Å². The number of aromatic amines is 1. The SMILES string of the molecule is Cc1c(-c2ccccc2)nc(S[C@H](C)C(=O)N2CCNC2=O)[nH]c1=O. The number of aromatic nitrogens is 2. The first-order valence-corrected chi connectivity index (χ1v) is 8.77. The van der Waals surface area contributed by atoms with E-state index in [1.165, 1.54) is 4.90 Å². The quantitative estimate of drug-likeness (QED) is 0.642. The number of urea groups is 1. The molecule has 1 aliphatic rings. The molecule has 0 unspecified atom stereocenters. The monoisotopic (exact) mass is 358 g/mol. The lowest BCUT2D eigenvalue weighted by molar-refractivity contribution is -0.126. The highest BCUT2D eigenvalue weighted by Gasteiger charge is 2.30. The van der Waals surface area contributed by atoms with Crippen LogP contribution in [0.1, 0.15) is 12.5 Å². The third kappa shape index (κ3) is 3.58. The number of benzene rings is 1. The first-order chi connectivity index (χ1) is 12.0. The number of hydrogen-bond acceptors (Lipinski definition) is 5. The smallest absolute Gasteiger partial charge is 0.324 e. The zero-order valence-electron chi connectivity index (χ0n) is 13.9. The van der Waals surface area contributed by atoms with Crippen LogP contribution in [0.15, 0.2) is 40.3 Å². The molecule has 1 aromatic carbocycles. The summed E-state index contributed by atoms with van der Waals surface area (Å²) in [6, 6.07) is 9.03. The molecule has 25 heavy (non-hydrogen) atoms. The van der Waals surface area contributed by atoms with Gasteiger partial charge >= 0.3 is 6.03 Å². The van der Waals surface area contributed by atoms with Crippen LogP contribution in [-0.4, -0.2) is 45.1 Å². The van der Waals surface area contributed by atoms with Gasteiger partial charge in [-0.1, -0.05) is 42.1 Å². The molecule has 0 saturated carbocycles. The molecule has 3 amide bonds. The Bertz CT molecular complexity index is 866. The summed E-state index contributed by atoms with van der Waals surface area (Å²) in [5.74, 6) is -0.301. The fourth-order valence-electron chi connectivity index (χ4n) is 2.56. The Morgan fingerprint density at radius 3 is 2.64 bits per heavy atom. The summed E-state index contributed by atoms with van der Waals surface area (Å²) in [6.07, 6.45) is 0. The molecule has 1 atom stereocenters. The van der Waals surface area contributed by atoms with E-state index >= 15 is 0 Å². The maximum Gasteiger partial charge on any atom is 0.324 e. The second-order valence-corrected chi connectivity index (χ2v) is 7.02. The Morgan fingerprint density at radius 2 is 2.00 bits per heavy atom. The number of rotatable bonds is 4.